The van der Waals surface area contributed by atoms with Crippen LogP contribution in [0.5, 0.6) is 0 Å². The standard InChI is InChI=1S/C12H14N2/c1-10(11-6-2-4-8-13-11)12-7-3-5-9-14-12/h2,4-6,8-9,11,13H,1,3,7H2. The van der Waals surface area contributed by atoms with Gasteiger partial charge in [-0.2, -0.15) is 0 Å². The van der Waals surface area contributed by atoms with Crippen LogP contribution in [0.15, 0.2) is 53.8 Å². The molecule has 0 aliphatic carbocycles. The van der Waals surface area contributed by atoms with Crippen LogP contribution in [0.4, 0.5) is 0 Å². The minimum absolute atomic E-state index is 0.213. The smallest absolute Gasteiger partial charge is 0.0707 e. The zero-order valence-electron chi connectivity index (χ0n) is 8.11. The van der Waals surface area contributed by atoms with Gasteiger partial charge in [-0.05, 0) is 30.7 Å². The Morgan fingerprint density at radius 3 is 3.07 bits per heavy atom. The summed E-state index contributed by atoms with van der Waals surface area (Å²) in [6.07, 6.45) is 14.1. The molecule has 1 unspecified atom stereocenters. The number of dihydropyridines is 1. The lowest BCUT2D eigenvalue weighted by molar-refractivity contribution is 0.805. The minimum atomic E-state index is 0.213. The number of hydrogen-bond donors (Lipinski definition) is 1. The predicted octanol–water partition coefficient (Wildman–Crippen LogP) is 2.33. The lowest BCUT2D eigenvalue weighted by atomic mass is 9.98. The molecule has 0 aromatic rings. The summed E-state index contributed by atoms with van der Waals surface area (Å²) in [5.74, 6) is 0. The average Bonchev–Trinajstić information content (AvgIpc) is 2.30. The van der Waals surface area contributed by atoms with Gasteiger partial charge in [0.15, 0.2) is 0 Å². The minimum Gasteiger partial charge on any atom is -0.381 e. The van der Waals surface area contributed by atoms with Crippen molar-refractivity contribution in [2.45, 2.75) is 18.9 Å². The predicted molar refractivity (Wildman–Crippen MR) is 60.2 cm³/mol. The monoisotopic (exact) mass is 186 g/mol. The fraction of sp³-hybridized carbons (Fsp3) is 0.250. The molecule has 2 heterocycles. The van der Waals surface area contributed by atoms with Crippen LogP contribution >= 0.6 is 0 Å². The van der Waals surface area contributed by atoms with E-state index in [1.165, 1.54) is 0 Å². The third-order valence-corrected chi connectivity index (χ3v) is 2.42. The molecule has 1 atom stereocenters. The molecule has 0 radical (unpaired) electrons. The Balaban J connectivity index is 2.07. The van der Waals surface area contributed by atoms with E-state index in [2.05, 4.69) is 29.0 Å². The van der Waals surface area contributed by atoms with Crippen molar-refractivity contribution in [3.63, 3.8) is 0 Å². The van der Waals surface area contributed by atoms with Gasteiger partial charge in [0.05, 0.1) is 6.04 Å². The van der Waals surface area contributed by atoms with Crippen LogP contribution in [0.2, 0.25) is 0 Å². The largest absolute Gasteiger partial charge is 0.381 e. The molecule has 14 heavy (non-hydrogen) atoms. The molecule has 0 aromatic heterocycles. The van der Waals surface area contributed by atoms with Crippen molar-refractivity contribution >= 4 is 5.71 Å². The summed E-state index contributed by atoms with van der Waals surface area (Å²) < 4.78 is 0. The van der Waals surface area contributed by atoms with Gasteiger partial charge in [0.1, 0.15) is 0 Å². The summed E-state index contributed by atoms with van der Waals surface area (Å²) in [5, 5.41) is 3.24. The number of aliphatic imine (C=N–C) groups is 1. The van der Waals surface area contributed by atoms with E-state index < -0.39 is 0 Å². The molecule has 2 rings (SSSR count). The van der Waals surface area contributed by atoms with Crippen molar-refractivity contribution in [3.05, 3.63) is 48.9 Å². The Morgan fingerprint density at radius 1 is 1.50 bits per heavy atom. The molecule has 0 spiro atoms. The summed E-state index contributed by atoms with van der Waals surface area (Å²) in [6, 6.07) is 0.213. The number of nitrogens with zero attached hydrogens (tertiary/aromatic N) is 1. The first kappa shape index (κ1) is 9.00. The quantitative estimate of drug-likeness (QED) is 0.703. The highest BCUT2D eigenvalue weighted by molar-refractivity contribution is 6.01. The highest BCUT2D eigenvalue weighted by atomic mass is 14.9. The van der Waals surface area contributed by atoms with Gasteiger partial charge >= 0.3 is 0 Å². The first-order valence-electron chi connectivity index (χ1n) is 4.88. The van der Waals surface area contributed by atoms with Gasteiger partial charge in [0.2, 0.25) is 0 Å². The lowest BCUT2D eigenvalue weighted by Crippen LogP contribution is -2.29. The summed E-state index contributed by atoms with van der Waals surface area (Å²) >= 11 is 0. The normalized spacial score (nSPS) is 24.3. The van der Waals surface area contributed by atoms with Crippen LogP contribution in [-0.2, 0) is 0 Å². The van der Waals surface area contributed by atoms with Crippen molar-refractivity contribution in [2.24, 2.45) is 4.99 Å². The molecular formula is C12H14N2. The van der Waals surface area contributed by atoms with Crippen LogP contribution in [0.1, 0.15) is 12.8 Å². The molecule has 2 heteroatoms. The Hall–Kier alpha value is -1.57. The number of hydrogen-bond acceptors (Lipinski definition) is 2. The SMILES string of the molecule is C=C(C1=NC=CCC1)C1C=CC=CN1. The zero-order chi connectivity index (χ0) is 9.80. The molecule has 0 aromatic carbocycles. The molecule has 0 saturated carbocycles. The summed E-state index contributed by atoms with van der Waals surface area (Å²) in [5.41, 5.74) is 2.19. The summed E-state index contributed by atoms with van der Waals surface area (Å²) in [4.78, 5) is 4.34. The Kier molecular flexibility index (Phi) is 2.63. The van der Waals surface area contributed by atoms with E-state index >= 15 is 0 Å². The Morgan fingerprint density at radius 2 is 2.43 bits per heavy atom. The van der Waals surface area contributed by atoms with Crippen molar-refractivity contribution in [2.75, 3.05) is 0 Å². The Bertz CT molecular complexity index is 345. The zero-order valence-corrected chi connectivity index (χ0v) is 8.11. The topological polar surface area (TPSA) is 24.4 Å². The van der Waals surface area contributed by atoms with E-state index in [9.17, 15) is 0 Å². The van der Waals surface area contributed by atoms with E-state index in [-0.39, 0.29) is 6.04 Å². The molecule has 72 valence electrons. The van der Waals surface area contributed by atoms with Crippen LogP contribution in [-0.4, -0.2) is 11.8 Å². The molecule has 2 aliphatic rings. The van der Waals surface area contributed by atoms with Gasteiger partial charge in [-0.15, -0.1) is 0 Å². The molecular weight excluding hydrogens is 172 g/mol. The second kappa shape index (κ2) is 4.09. The van der Waals surface area contributed by atoms with E-state index in [1.807, 2.05) is 24.6 Å². The highest BCUT2D eigenvalue weighted by Crippen LogP contribution is 2.14. The van der Waals surface area contributed by atoms with E-state index in [1.54, 1.807) is 0 Å². The third-order valence-electron chi connectivity index (χ3n) is 2.42. The first-order valence-corrected chi connectivity index (χ1v) is 4.88. The van der Waals surface area contributed by atoms with Crippen LogP contribution in [0.25, 0.3) is 0 Å². The van der Waals surface area contributed by atoms with E-state index in [0.717, 1.165) is 24.1 Å². The highest BCUT2D eigenvalue weighted by Gasteiger charge is 2.14. The number of allylic oxidation sites excluding steroid dienone is 3. The van der Waals surface area contributed by atoms with Crippen LogP contribution in [0, 0.1) is 0 Å². The molecule has 0 bridgehead atoms. The molecule has 0 saturated heterocycles. The van der Waals surface area contributed by atoms with Gasteiger partial charge in [0, 0.05) is 11.9 Å². The molecule has 2 aliphatic heterocycles. The molecule has 0 amide bonds. The second-order valence-corrected chi connectivity index (χ2v) is 3.41. The Labute approximate surface area is 84.4 Å². The molecule has 2 nitrogen and oxygen atoms in total. The summed E-state index contributed by atoms with van der Waals surface area (Å²) in [7, 11) is 0. The van der Waals surface area contributed by atoms with Crippen LogP contribution < -0.4 is 5.32 Å². The maximum Gasteiger partial charge on any atom is 0.0707 e. The van der Waals surface area contributed by atoms with E-state index in [0.29, 0.717) is 0 Å². The van der Waals surface area contributed by atoms with Gasteiger partial charge in [0.25, 0.3) is 0 Å². The number of rotatable bonds is 2. The maximum absolute atomic E-state index is 4.34. The number of nitrogens with one attached hydrogen (secondary N) is 1. The van der Waals surface area contributed by atoms with Gasteiger partial charge in [-0.3, -0.25) is 4.99 Å². The maximum atomic E-state index is 4.34. The fourth-order valence-corrected chi connectivity index (χ4v) is 1.59. The molecule has 1 N–H and O–H groups in total. The van der Waals surface area contributed by atoms with Gasteiger partial charge in [-0.1, -0.05) is 24.8 Å². The van der Waals surface area contributed by atoms with Crippen molar-refractivity contribution < 1.29 is 0 Å². The first-order chi connectivity index (χ1) is 6.88. The van der Waals surface area contributed by atoms with E-state index in [4.69, 9.17) is 0 Å². The van der Waals surface area contributed by atoms with Crippen LogP contribution in [0.3, 0.4) is 0 Å². The van der Waals surface area contributed by atoms with Crippen molar-refractivity contribution in [1.82, 2.24) is 5.32 Å². The third kappa shape index (κ3) is 1.84. The lowest BCUT2D eigenvalue weighted by Gasteiger charge is -2.20. The second-order valence-electron chi connectivity index (χ2n) is 3.41. The van der Waals surface area contributed by atoms with Crippen molar-refractivity contribution in [3.8, 4) is 0 Å². The van der Waals surface area contributed by atoms with Gasteiger partial charge < -0.3 is 5.32 Å². The summed E-state index contributed by atoms with van der Waals surface area (Å²) in [6.45, 7) is 4.09. The van der Waals surface area contributed by atoms with Crippen molar-refractivity contribution in [1.29, 1.82) is 0 Å². The fourth-order valence-electron chi connectivity index (χ4n) is 1.59. The molecule has 0 fully saturated rings. The average molecular weight is 186 g/mol. The van der Waals surface area contributed by atoms with Gasteiger partial charge in [-0.25, -0.2) is 0 Å².